The summed E-state index contributed by atoms with van der Waals surface area (Å²) >= 11 is 6.52. The first-order valence-electron chi connectivity index (χ1n) is 28.2. The number of oxazole rings is 3. The van der Waals surface area contributed by atoms with E-state index in [0.29, 0.717) is 5.89 Å². The summed E-state index contributed by atoms with van der Waals surface area (Å²) in [5.74, 6) is 2.18. The molecule has 0 amide bonds. The van der Waals surface area contributed by atoms with Gasteiger partial charge in [0.05, 0.1) is 52.3 Å². The Morgan fingerprint density at radius 1 is 0.451 bits per heavy atom. The molecule has 0 saturated carbocycles. The van der Waals surface area contributed by atoms with E-state index in [9.17, 15) is 0 Å². The van der Waals surface area contributed by atoms with Gasteiger partial charge in [0.1, 0.15) is 28.8 Å². The van der Waals surface area contributed by atoms with Gasteiger partial charge in [0.15, 0.2) is 18.7 Å². The van der Waals surface area contributed by atoms with Gasteiger partial charge in [-0.05, 0) is 61.0 Å². The van der Waals surface area contributed by atoms with E-state index < -0.39 is 0 Å². The second-order valence-electron chi connectivity index (χ2n) is 11.9. The van der Waals surface area contributed by atoms with Gasteiger partial charge in [0.25, 0.3) is 0 Å². The zero-order valence-corrected chi connectivity index (χ0v) is 60.2. The molecule has 0 aliphatic carbocycles. The fourth-order valence-electron chi connectivity index (χ4n) is 3.24. The molecule has 82 heavy (non-hydrogen) atoms. The maximum Gasteiger partial charge on any atom is 0.213 e. The lowest BCUT2D eigenvalue weighted by atomic mass is 10.4. The largest absolute Gasteiger partial charge is 0.452 e. The molecule has 0 spiro atoms. The highest BCUT2D eigenvalue weighted by molar-refractivity contribution is 7.09. The summed E-state index contributed by atoms with van der Waals surface area (Å²) in [4.78, 5) is 28.1. The van der Waals surface area contributed by atoms with E-state index >= 15 is 0 Å². The minimum Gasteiger partial charge on any atom is -0.452 e. The summed E-state index contributed by atoms with van der Waals surface area (Å²) in [6, 6.07) is 0. The standard InChI is InChI=1S/2C5H8N2.3C4H5NO.3C4H5NS.C3H4N2O.C3H4N2S.10C2H6/c1-5-3-7(2)4-6-5;1-5-3-6-7(2)4-5;1-4-2-6-3-5-4;1-4-2-5-3-6-4;1-4-5-2-3-6-4;1-4-2-6-3-5-4;1-4-2-5-3-6-4;1-4-5-2-3-6-4;2*1-3-5-4-2-6-3;10*1-2/h2*3-4H,1-2H3;6*2-3H,1H3;2*2H,1H3;10*1-2H3. The van der Waals surface area contributed by atoms with Gasteiger partial charge >= 0.3 is 0 Å². The fraction of sp³-hybridized carbons (Fsp3) is 0.533. The second kappa shape index (κ2) is 88.5. The van der Waals surface area contributed by atoms with Crippen LogP contribution in [0.25, 0.3) is 0 Å². The van der Waals surface area contributed by atoms with Gasteiger partial charge in [-0.25, -0.2) is 19.9 Å². The number of aryl methyl sites for hydroxylation is 12. The third-order valence-electron chi connectivity index (χ3n) is 5.94. The number of hydrogen-bond donors (Lipinski definition) is 0. The Morgan fingerprint density at radius 2 is 1.06 bits per heavy atom. The van der Waals surface area contributed by atoms with Gasteiger partial charge in [0.2, 0.25) is 12.3 Å². The molecule has 0 atom stereocenters. The van der Waals surface area contributed by atoms with Crippen LogP contribution >= 0.6 is 45.3 Å². The molecule has 10 heterocycles. The molecule has 10 aromatic rings. The summed E-state index contributed by atoms with van der Waals surface area (Å²) < 4.78 is 22.4. The molecule has 0 unspecified atom stereocenters. The predicted molar refractivity (Wildman–Crippen MR) is 357 cm³/mol. The van der Waals surface area contributed by atoms with Crippen molar-refractivity contribution in [2.75, 3.05) is 0 Å². The summed E-state index contributed by atoms with van der Waals surface area (Å²) in [6.45, 7) is 59.2. The highest BCUT2D eigenvalue weighted by atomic mass is 32.1. The van der Waals surface area contributed by atoms with E-state index in [-0.39, 0.29) is 0 Å². The first kappa shape index (κ1) is 97.8. The van der Waals surface area contributed by atoms with E-state index in [2.05, 4.69) is 69.2 Å². The summed E-state index contributed by atoms with van der Waals surface area (Å²) in [6.07, 6.45) is 21.8. The lowest BCUT2D eigenvalue weighted by Crippen LogP contribution is -1.83. The van der Waals surface area contributed by atoms with Gasteiger partial charge < -0.3 is 22.2 Å². The first-order chi connectivity index (χ1) is 39.7. The highest BCUT2D eigenvalue weighted by Gasteiger charge is 1.84. The summed E-state index contributed by atoms with van der Waals surface area (Å²) in [5.41, 5.74) is 9.69. The molecule has 0 bridgehead atoms. The van der Waals surface area contributed by atoms with E-state index in [1.165, 1.54) is 29.6 Å². The first-order valence-corrected chi connectivity index (χ1v) is 31.8. The van der Waals surface area contributed by atoms with Gasteiger partial charge in [-0.2, -0.15) is 5.10 Å². The van der Waals surface area contributed by atoms with E-state index in [1.807, 2.05) is 259 Å². The molecule has 472 valence electrons. The second-order valence-corrected chi connectivity index (χ2v) is 15.8. The van der Waals surface area contributed by atoms with Gasteiger partial charge in [-0.1, -0.05) is 138 Å². The van der Waals surface area contributed by atoms with E-state index in [4.69, 9.17) is 8.83 Å². The Balaban J connectivity index is -0.0000000849. The van der Waals surface area contributed by atoms with Crippen molar-refractivity contribution in [3.63, 3.8) is 0 Å². The van der Waals surface area contributed by atoms with Crippen LogP contribution in [0.15, 0.2) is 126 Å². The van der Waals surface area contributed by atoms with Crippen molar-refractivity contribution >= 4 is 45.3 Å². The van der Waals surface area contributed by atoms with Crippen LogP contribution in [0.5, 0.6) is 0 Å². The van der Waals surface area contributed by atoms with Crippen LogP contribution in [0.2, 0.25) is 0 Å². The smallest absolute Gasteiger partial charge is 0.213 e. The van der Waals surface area contributed by atoms with Crippen LogP contribution in [0.1, 0.15) is 194 Å². The molecule has 0 radical (unpaired) electrons. The molecule has 0 N–H and O–H groups in total. The quantitative estimate of drug-likeness (QED) is 0.138. The number of rotatable bonds is 0. The predicted octanol–water partition coefficient (Wildman–Crippen LogP) is 20.2. The van der Waals surface area contributed by atoms with Gasteiger partial charge in [-0.3, -0.25) is 19.6 Å². The number of hydrogen-bond acceptors (Lipinski definition) is 20. The Bertz CT molecular complexity index is 1880. The normalized spacial score (nSPS) is 7.51. The lowest BCUT2D eigenvalue weighted by Gasteiger charge is -1.78. The van der Waals surface area contributed by atoms with E-state index in [1.54, 1.807) is 107 Å². The van der Waals surface area contributed by atoms with Crippen molar-refractivity contribution in [3.05, 3.63) is 164 Å². The Labute approximate surface area is 515 Å². The van der Waals surface area contributed by atoms with Crippen molar-refractivity contribution in [2.24, 2.45) is 14.1 Å². The zero-order chi connectivity index (χ0) is 65.8. The minimum absolute atomic E-state index is 0.606. The minimum atomic E-state index is 0.606. The van der Waals surface area contributed by atoms with Crippen LogP contribution in [0.3, 0.4) is 0 Å². The molecule has 0 aliphatic rings. The van der Waals surface area contributed by atoms with Crippen LogP contribution in [0, 0.1) is 69.2 Å². The summed E-state index contributed by atoms with van der Waals surface area (Å²) in [5, 5.41) is 24.3. The molecule has 22 heteroatoms. The average molecular weight is 1220 g/mol. The molecule has 18 nitrogen and oxygen atoms in total. The van der Waals surface area contributed by atoms with Crippen molar-refractivity contribution < 1.29 is 17.7 Å². The van der Waals surface area contributed by atoms with Crippen molar-refractivity contribution in [2.45, 2.75) is 208 Å². The van der Waals surface area contributed by atoms with Crippen LogP contribution < -0.4 is 0 Å². The fourth-order valence-corrected chi connectivity index (χ4v) is 4.97. The molecule has 0 saturated heterocycles. The van der Waals surface area contributed by atoms with Crippen molar-refractivity contribution in [1.82, 2.24) is 69.6 Å². The molecule has 0 aromatic carbocycles. The highest BCUT2D eigenvalue weighted by Crippen LogP contribution is 2.00. The SMILES string of the molecule is CC.CC.CC.CC.CC.CC.CC.CC.CC.CC.Cc1cn(C)cn1.Cc1cnco1.Cc1cncs1.Cc1cnn(C)c1.Cc1cocn1.Cc1cscn1.Cc1ncco1.Cc1nccs1.Cc1nnco1.Cc1nncs1. The Hall–Kier alpha value is -6.36. The molecular formula is C60H114N14O4S4. The number of thiazole rings is 3. The summed E-state index contributed by atoms with van der Waals surface area (Å²) in [7, 11) is 3.87. The van der Waals surface area contributed by atoms with Gasteiger partial charge in [-0.15, -0.1) is 65.7 Å². The zero-order valence-electron chi connectivity index (χ0n) is 56.9. The number of aromatic nitrogens is 14. The third-order valence-corrected chi connectivity index (χ3v) is 8.68. The third kappa shape index (κ3) is 84.9. The van der Waals surface area contributed by atoms with Gasteiger partial charge in [0, 0.05) is 74.1 Å². The number of nitrogens with zero attached hydrogens (tertiary/aromatic N) is 14. The Kier molecular flexibility index (Phi) is 106. The van der Waals surface area contributed by atoms with E-state index in [0.717, 1.165) is 38.7 Å². The van der Waals surface area contributed by atoms with Crippen LogP contribution in [-0.4, -0.2) is 69.6 Å². The number of imidazole rings is 1. The molecule has 0 fully saturated rings. The van der Waals surface area contributed by atoms with Crippen LogP contribution in [0.4, 0.5) is 0 Å². The van der Waals surface area contributed by atoms with Crippen LogP contribution in [-0.2, 0) is 14.1 Å². The molecule has 10 aromatic heterocycles. The maximum atomic E-state index is 4.72. The van der Waals surface area contributed by atoms with Crippen molar-refractivity contribution in [3.8, 4) is 0 Å². The average Bonchev–Trinajstić information content (AvgIpc) is 4.33. The maximum absolute atomic E-state index is 4.72. The molecule has 10 rings (SSSR count). The monoisotopic (exact) mass is 1220 g/mol. The van der Waals surface area contributed by atoms with Crippen molar-refractivity contribution in [1.29, 1.82) is 0 Å². The molecule has 0 aliphatic heterocycles. The topological polar surface area (TPSA) is 217 Å². The lowest BCUT2D eigenvalue weighted by molar-refractivity contribution is 0.518. The molecular weight excluding hydrogens is 1110 g/mol. The Morgan fingerprint density at radius 3 is 1.18 bits per heavy atom.